The molecule has 1 N–H and O–H groups in total. The van der Waals surface area contributed by atoms with Crippen LogP contribution in [0.5, 0.6) is 5.75 Å². The van der Waals surface area contributed by atoms with E-state index in [4.69, 9.17) is 4.74 Å². The molecule has 1 aromatic heterocycles. The molecule has 20 heavy (non-hydrogen) atoms. The normalized spacial score (nSPS) is 12.1. The predicted octanol–water partition coefficient (Wildman–Crippen LogP) is 3.41. The lowest BCUT2D eigenvalue weighted by Gasteiger charge is -2.18. The molecule has 106 valence electrons. The number of nitrogens with one attached hydrogen (secondary N) is 1. The van der Waals surface area contributed by atoms with Gasteiger partial charge in [0.05, 0.1) is 18.8 Å². The number of hydrogen-bond donors (Lipinski definition) is 1. The number of aromatic nitrogens is 2. The van der Waals surface area contributed by atoms with E-state index in [1.54, 1.807) is 13.2 Å². The Labute approximate surface area is 118 Å². The van der Waals surface area contributed by atoms with Crippen molar-refractivity contribution < 1.29 is 9.13 Å². The Bertz CT molecular complexity index is 616. The van der Waals surface area contributed by atoms with Crippen molar-refractivity contribution in [3.63, 3.8) is 0 Å². The summed E-state index contributed by atoms with van der Waals surface area (Å²) in [5.41, 5.74) is 2.69. The topological polar surface area (TPSA) is 47.0 Å². The van der Waals surface area contributed by atoms with E-state index in [1.807, 2.05) is 26.8 Å². The first-order chi connectivity index (χ1) is 9.51. The van der Waals surface area contributed by atoms with Gasteiger partial charge in [-0.1, -0.05) is 0 Å². The van der Waals surface area contributed by atoms with Gasteiger partial charge < -0.3 is 10.1 Å². The minimum absolute atomic E-state index is 0.142. The van der Waals surface area contributed by atoms with E-state index < -0.39 is 0 Å². The number of methoxy groups -OCH3 is 1. The molecule has 0 aliphatic heterocycles. The molecule has 0 fully saturated rings. The van der Waals surface area contributed by atoms with Crippen molar-refractivity contribution in [3.8, 4) is 5.75 Å². The summed E-state index contributed by atoms with van der Waals surface area (Å²) >= 11 is 0. The van der Waals surface area contributed by atoms with E-state index in [-0.39, 0.29) is 11.9 Å². The second kappa shape index (κ2) is 5.86. The second-order valence-electron chi connectivity index (χ2n) is 4.75. The van der Waals surface area contributed by atoms with Crippen LogP contribution in [0.2, 0.25) is 0 Å². The highest BCUT2D eigenvalue weighted by molar-refractivity contribution is 5.44. The molecule has 0 bridgehead atoms. The summed E-state index contributed by atoms with van der Waals surface area (Å²) in [7, 11) is 1.57. The zero-order valence-corrected chi connectivity index (χ0v) is 12.1. The lowest BCUT2D eigenvalue weighted by molar-refractivity contribution is 0.406. The monoisotopic (exact) mass is 275 g/mol. The summed E-state index contributed by atoms with van der Waals surface area (Å²) < 4.78 is 18.6. The third kappa shape index (κ3) is 3.04. The van der Waals surface area contributed by atoms with Crippen molar-refractivity contribution in [2.75, 3.05) is 12.4 Å². The van der Waals surface area contributed by atoms with Gasteiger partial charge in [-0.25, -0.2) is 4.39 Å². The molecular formula is C15H18FN3O. The van der Waals surface area contributed by atoms with Crippen LogP contribution in [-0.4, -0.2) is 17.3 Å². The van der Waals surface area contributed by atoms with Crippen LogP contribution in [0.25, 0.3) is 0 Å². The van der Waals surface area contributed by atoms with Gasteiger partial charge in [0.2, 0.25) is 0 Å². The fraction of sp³-hybridized carbons (Fsp3) is 0.333. The minimum Gasteiger partial charge on any atom is -0.496 e. The highest BCUT2D eigenvalue weighted by Gasteiger charge is 2.13. The molecule has 1 heterocycles. The molecule has 2 rings (SSSR count). The van der Waals surface area contributed by atoms with E-state index in [1.165, 1.54) is 12.1 Å². The van der Waals surface area contributed by atoms with Crippen molar-refractivity contribution in [2.45, 2.75) is 26.8 Å². The van der Waals surface area contributed by atoms with Crippen LogP contribution < -0.4 is 10.1 Å². The molecule has 2 aromatic rings. The molecule has 0 saturated heterocycles. The van der Waals surface area contributed by atoms with Crippen LogP contribution in [0.15, 0.2) is 24.3 Å². The van der Waals surface area contributed by atoms with Crippen molar-refractivity contribution in [1.82, 2.24) is 10.2 Å². The fourth-order valence-corrected chi connectivity index (χ4v) is 1.96. The molecular weight excluding hydrogens is 257 g/mol. The minimum atomic E-state index is -0.291. The van der Waals surface area contributed by atoms with Gasteiger partial charge in [-0.15, -0.1) is 5.10 Å². The standard InChI is InChI=1S/C15H18FN3O/c1-9-7-15(19-18-10(9)2)17-11(3)13-8-12(16)5-6-14(13)20-4/h5-8,11H,1-4H3,(H,17,19). The average molecular weight is 275 g/mol. The van der Waals surface area contributed by atoms with Crippen molar-refractivity contribution in [1.29, 1.82) is 0 Å². The maximum atomic E-state index is 13.4. The second-order valence-corrected chi connectivity index (χ2v) is 4.75. The first-order valence-corrected chi connectivity index (χ1v) is 6.42. The molecule has 0 aliphatic carbocycles. The van der Waals surface area contributed by atoms with Gasteiger partial charge >= 0.3 is 0 Å². The molecule has 0 saturated carbocycles. The third-order valence-electron chi connectivity index (χ3n) is 3.25. The molecule has 0 amide bonds. The molecule has 0 spiro atoms. The number of benzene rings is 1. The number of rotatable bonds is 4. The number of aryl methyl sites for hydroxylation is 2. The summed E-state index contributed by atoms with van der Waals surface area (Å²) in [6.07, 6.45) is 0. The zero-order chi connectivity index (χ0) is 14.7. The highest BCUT2D eigenvalue weighted by atomic mass is 19.1. The van der Waals surface area contributed by atoms with Crippen molar-refractivity contribution in [2.24, 2.45) is 0 Å². The Morgan fingerprint density at radius 3 is 2.60 bits per heavy atom. The van der Waals surface area contributed by atoms with Crippen LogP contribution in [0.1, 0.15) is 29.8 Å². The van der Waals surface area contributed by atoms with Crippen molar-refractivity contribution in [3.05, 3.63) is 46.9 Å². The Morgan fingerprint density at radius 1 is 1.20 bits per heavy atom. The molecule has 1 aromatic carbocycles. The van der Waals surface area contributed by atoms with E-state index in [0.717, 1.165) is 16.8 Å². The molecule has 5 heteroatoms. The number of hydrogen-bond acceptors (Lipinski definition) is 4. The van der Waals surface area contributed by atoms with E-state index in [0.29, 0.717) is 11.6 Å². The summed E-state index contributed by atoms with van der Waals surface area (Å²) in [5.74, 6) is 1.01. The highest BCUT2D eigenvalue weighted by Crippen LogP contribution is 2.28. The Hall–Kier alpha value is -2.17. The number of ether oxygens (including phenoxy) is 1. The van der Waals surface area contributed by atoms with Gasteiger partial charge in [0, 0.05) is 5.56 Å². The van der Waals surface area contributed by atoms with Gasteiger partial charge in [-0.2, -0.15) is 5.10 Å². The van der Waals surface area contributed by atoms with Gasteiger partial charge in [0.1, 0.15) is 17.4 Å². The summed E-state index contributed by atoms with van der Waals surface area (Å²) in [6, 6.07) is 6.24. The number of anilines is 1. The number of nitrogens with zero attached hydrogens (tertiary/aromatic N) is 2. The SMILES string of the molecule is COc1ccc(F)cc1C(C)Nc1cc(C)c(C)nn1. The van der Waals surface area contributed by atoms with Crippen LogP contribution in [0.4, 0.5) is 10.2 Å². The van der Waals surface area contributed by atoms with Gasteiger partial charge in [-0.3, -0.25) is 0 Å². The Morgan fingerprint density at radius 2 is 1.95 bits per heavy atom. The lowest BCUT2D eigenvalue weighted by Crippen LogP contribution is -2.11. The quantitative estimate of drug-likeness (QED) is 0.928. The summed E-state index contributed by atoms with van der Waals surface area (Å²) in [5, 5.41) is 11.4. The average Bonchev–Trinajstić information content (AvgIpc) is 2.43. The summed E-state index contributed by atoms with van der Waals surface area (Å²) in [4.78, 5) is 0. The Balaban J connectivity index is 2.25. The maximum absolute atomic E-state index is 13.4. The third-order valence-corrected chi connectivity index (χ3v) is 3.25. The van der Waals surface area contributed by atoms with E-state index >= 15 is 0 Å². The first kappa shape index (κ1) is 14.2. The van der Waals surface area contributed by atoms with Crippen LogP contribution in [0, 0.1) is 19.7 Å². The smallest absolute Gasteiger partial charge is 0.149 e. The van der Waals surface area contributed by atoms with Crippen molar-refractivity contribution >= 4 is 5.82 Å². The van der Waals surface area contributed by atoms with Crippen LogP contribution >= 0.6 is 0 Å². The fourth-order valence-electron chi connectivity index (χ4n) is 1.96. The molecule has 0 aliphatic rings. The van der Waals surface area contributed by atoms with E-state index in [2.05, 4.69) is 15.5 Å². The zero-order valence-electron chi connectivity index (χ0n) is 12.1. The largest absolute Gasteiger partial charge is 0.496 e. The predicted molar refractivity (Wildman–Crippen MR) is 76.5 cm³/mol. The Kier molecular flexibility index (Phi) is 4.17. The lowest BCUT2D eigenvalue weighted by atomic mass is 10.1. The molecule has 4 nitrogen and oxygen atoms in total. The number of halogens is 1. The van der Waals surface area contributed by atoms with Gasteiger partial charge in [0.25, 0.3) is 0 Å². The molecule has 1 atom stereocenters. The van der Waals surface area contributed by atoms with Gasteiger partial charge in [-0.05, 0) is 50.6 Å². The summed E-state index contributed by atoms with van der Waals surface area (Å²) in [6.45, 7) is 5.81. The molecule has 0 radical (unpaired) electrons. The van der Waals surface area contributed by atoms with Gasteiger partial charge in [0.15, 0.2) is 0 Å². The van der Waals surface area contributed by atoms with Crippen LogP contribution in [-0.2, 0) is 0 Å². The molecule has 1 unspecified atom stereocenters. The van der Waals surface area contributed by atoms with E-state index in [9.17, 15) is 4.39 Å². The first-order valence-electron chi connectivity index (χ1n) is 6.42. The maximum Gasteiger partial charge on any atom is 0.149 e. The van der Waals surface area contributed by atoms with Crippen LogP contribution in [0.3, 0.4) is 0 Å².